The Kier molecular flexibility index (Phi) is 6.63. The van der Waals surface area contributed by atoms with Gasteiger partial charge in [0, 0.05) is 32.7 Å². The van der Waals surface area contributed by atoms with Crippen molar-refractivity contribution in [2.75, 3.05) is 0 Å². The molecule has 0 radical (unpaired) electrons. The summed E-state index contributed by atoms with van der Waals surface area (Å²) in [7, 11) is 0. The second-order valence-corrected chi connectivity index (χ2v) is 14.6. The van der Waals surface area contributed by atoms with Gasteiger partial charge in [0.15, 0.2) is 5.84 Å². The van der Waals surface area contributed by atoms with Gasteiger partial charge in [0.25, 0.3) is 0 Å². The summed E-state index contributed by atoms with van der Waals surface area (Å²) >= 11 is 0. The Hall–Kier alpha value is -7.50. The van der Waals surface area contributed by atoms with Crippen LogP contribution in [0.4, 0.5) is 0 Å². The van der Waals surface area contributed by atoms with Crippen molar-refractivity contribution in [1.82, 2.24) is 5.32 Å². The number of hydrogen-bond donors (Lipinski definition) is 1. The molecule has 1 aliphatic rings. The molecule has 1 N–H and O–H groups in total. The lowest BCUT2D eigenvalue weighted by Crippen LogP contribution is -2.33. The predicted molar refractivity (Wildman–Crippen MR) is 231 cm³/mol. The summed E-state index contributed by atoms with van der Waals surface area (Å²) in [6, 6.07) is 61.7. The van der Waals surface area contributed by atoms with Crippen LogP contribution in [0.25, 0.3) is 87.3 Å². The van der Waals surface area contributed by atoms with Crippen LogP contribution < -0.4 is 5.32 Å². The first-order chi connectivity index (χ1) is 27.7. The van der Waals surface area contributed by atoms with Gasteiger partial charge < -0.3 is 14.2 Å². The van der Waals surface area contributed by atoms with Crippen LogP contribution in [-0.4, -0.2) is 11.7 Å². The molecule has 56 heavy (non-hydrogen) atoms. The summed E-state index contributed by atoms with van der Waals surface area (Å²) in [5.41, 5.74) is 8.57. The number of rotatable bonds is 4. The number of hydrogen-bond acceptors (Lipinski definition) is 5. The summed E-state index contributed by atoms with van der Waals surface area (Å²) in [5, 5.41) is 15.0. The van der Waals surface area contributed by atoms with Crippen molar-refractivity contribution in [2.24, 2.45) is 9.98 Å². The quantitative estimate of drug-likeness (QED) is 0.197. The van der Waals surface area contributed by atoms with Crippen LogP contribution in [-0.2, 0) is 0 Å². The van der Waals surface area contributed by atoms with Crippen molar-refractivity contribution in [3.05, 3.63) is 193 Å². The molecule has 5 heteroatoms. The fraction of sp³-hybridized carbons (Fsp3) is 0.0196. The molecule has 12 rings (SSSR count). The van der Waals surface area contributed by atoms with E-state index in [1.54, 1.807) is 0 Å². The molecule has 1 atom stereocenters. The number of fused-ring (bicyclic) bond motifs is 10. The summed E-state index contributed by atoms with van der Waals surface area (Å²) < 4.78 is 12.9. The number of nitrogens with one attached hydrogen (secondary N) is 1. The van der Waals surface area contributed by atoms with Gasteiger partial charge in [-0.1, -0.05) is 127 Å². The van der Waals surface area contributed by atoms with Gasteiger partial charge in [0.05, 0.1) is 0 Å². The van der Waals surface area contributed by atoms with Crippen LogP contribution in [0.5, 0.6) is 0 Å². The van der Waals surface area contributed by atoms with Crippen LogP contribution in [0.1, 0.15) is 22.9 Å². The Morgan fingerprint density at radius 2 is 1.00 bits per heavy atom. The first-order valence-corrected chi connectivity index (χ1v) is 18.9. The molecule has 1 aliphatic heterocycles. The molecule has 0 saturated carbocycles. The second-order valence-electron chi connectivity index (χ2n) is 14.6. The lowest BCUT2D eigenvalue weighted by atomic mass is 9.98. The fourth-order valence-corrected chi connectivity index (χ4v) is 8.52. The van der Waals surface area contributed by atoms with Crippen molar-refractivity contribution in [1.29, 1.82) is 0 Å². The molecule has 0 fully saturated rings. The van der Waals surface area contributed by atoms with E-state index < -0.39 is 0 Å². The molecule has 3 heterocycles. The molecule has 2 aromatic heterocycles. The molecule has 11 aromatic rings. The van der Waals surface area contributed by atoms with Gasteiger partial charge in [-0.3, -0.25) is 0 Å². The van der Waals surface area contributed by atoms with Gasteiger partial charge in [-0.15, -0.1) is 0 Å². The second kappa shape index (κ2) is 12.0. The van der Waals surface area contributed by atoms with Crippen molar-refractivity contribution < 1.29 is 8.83 Å². The third kappa shape index (κ3) is 4.88. The lowest BCUT2D eigenvalue weighted by molar-refractivity contribution is 0.668. The van der Waals surface area contributed by atoms with E-state index in [1.807, 2.05) is 12.1 Å². The highest BCUT2D eigenvalue weighted by Crippen LogP contribution is 2.39. The molecule has 0 amide bonds. The molecular formula is C51H31N3O2. The van der Waals surface area contributed by atoms with E-state index in [0.717, 1.165) is 82.9 Å². The third-order valence-electron chi connectivity index (χ3n) is 11.3. The average molecular weight is 718 g/mol. The number of furan rings is 2. The molecule has 1 unspecified atom stereocenters. The Balaban J connectivity index is 1.03. The average Bonchev–Trinajstić information content (AvgIpc) is 3.84. The van der Waals surface area contributed by atoms with Crippen molar-refractivity contribution >= 4 is 87.9 Å². The van der Waals surface area contributed by atoms with Gasteiger partial charge in [0.1, 0.15) is 34.3 Å². The molecule has 5 nitrogen and oxygen atoms in total. The van der Waals surface area contributed by atoms with Gasteiger partial charge in [-0.2, -0.15) is 0 Å². The molecule has 0 bridgehead atoms. The first kappa shape index (κ1) is 30.9. The normalized spacial score (nSPS) is 14.6. The minimum atomic E-state index is -0.356. The predicted octanol–water partition coefficient (Wildman–Crippen LogP) is 13.1. The molecular weight excluding hydrogens is 687 g/mol. The van der Waals surface area contributed by atoms with E-state index in [0.29, 0.717) is 5.84 Å². The number of amidine groups is 2. The summed E-state index contributed by atoms with van der Waals surface area (Å²) in [4.78, 5) is 10.6. The summed E-state index contributed by atoms with van der Waals surface area (Å²) in [6.45, 7) is 0. The zero-order chi connectivity index (χ0) is 36.7. The highest BCUT2D eigenvalue weighted by atomic mass is 16.3. The van der Waals surface area contributed by atoms with Gasteiger partial charge in [-0.25, -0.2) is 9.98 Å². The monoisotopic (exact) mass is 717 g/mol. The minimum Gasteiger partial charge on any atom is -0.456 e. The minimum absolute atomic E-state index is 0.356. The van der Waals surface area contributed by atoms with E-state index in [-0.39, 0.29) is 6.17 Å². The summed E-state index contributed by atoms with van der Waals surface area (Å²) in [6.07, 6.45) is -0.356. The van der Waals surface area contributed by atoms with Gasteiger partial charge in [-0.05, 0) is 97.5 Å². The molecule has 0 aliphatic carbocycles. The van der Waals surface area contributed by atoms with Crippen molar-refractivity contribution in [2.45, 2.75) is 6.17 Å². The maximum absolute atomic E-state index is 6.52. The zero-order valence-corrected chi connectivity index (χ0v) is 30.0. The van der Waals surface area contributed by atoms with E-state index in [2.05, 4.69) is 169 Å². The van der Waals surface area contributed by atoms with Crippen LogP contribution in [0.3, 0.4) is 0 Å². The summed E-state index contributed by atoms with van der Waals surface area (Å²) in [5.74, 6) is 1.43. The fourth-order valence-electron chi connectivity index (χ4n) is 8.52. The van der Waals surface area contributed by atoms with Gasteiger partial charge in [0.2, 0.25) is 0 Å². The van der Waals surface area contributed by atoms with Crippen molar-refractivity contribution in [3.8, 4) is 11.1 Å². The molecule has 262 valence electrons. The standard InChI is InChI=1S/C51H31N3O2/c1-3-11-33-26-37(18-16-30(33)8-1)49-52-50(38-19-17-31-9-2-4-12-34(31)27-38)54-51(53-49)40-14-7-15-45-48(40)42-29-36(22-24-44(42)55-45)35-21-23-43-41(28-35)47-39-13-6-5-10-32(39)20-25-46(47)56-43/h1-29,49H,(H,52,53,54). The van der Waals surface area contributed by atoms with Crippen LogP contribution in [0, 0.1) is 0 Å². The highest BCUT2D eigenvalue weighted by Gasteiger charge is 2.24. The SMILES string of the molecule is c1ccc2cc(C3=NC(c4cccc5oc6ccc(-c7ccc8oc9ccc%10ccccc%10c9c8c7)cc6c45)=NC(c4ccc5ccccc5c4)N3)ccc2c1. The lowest BCUT2D eigenvalue weighted by Gasteiger charge is -2.24. The zero-order valence-electron chi connectivity index (χ0n) is 30.0. The number of benzene rings is 9. The van der Waals surface area contributed by atoms with Crippen LogP contribution >= 0.6 is 0 Å². The Labute approximate surface area is 320 Å². The van der Waals surface area contributed by atoms with E-state index in [1.165, 1.54) is 26.9 Å². The van der Waals surface area contributed by atoms with Crippen molar-refractivity contribution in [3.63, 3.8) is 0 Å². The largest absolute Gasteiger partial charge is 0.456 e. The van der Waals surface area contributed by atoms with E-state index in [4.69, 9.17) is 18.8 Å². The highest BCUT2D eigenvalue weighted by molar-refractivity contribution is 6.23. The topological polar surface area (TPSA) is 63.0 Å². The number of nitrogens with zero attached hydrogens (tertiary/aromatic N) is 2. The Bertz CT molecular complexity index is 3480. The maximum Gasteiger partial charge on any atom is 0.160 e. The van der Waals surface area contributed by atoms with Gasteiger partial charge >= 0.3 is 0 Å². The maximum atomic E-state index is 6.52. The Morgan fingerprint density at radius 1 is 0.411 bits per heavy atom. The van der Waals surface area contributed by atoms with Crippen LogP contribution in [0.2, 0.25) is 0 Å². The van der Waals surface area contributed by atoms with E-state index in [9.17, 15) is 0 Å². The first-order valence-electron chi connectivity index (χ1n) is 18.9. The number of aliphatic imine (C=N–C) groups is 2. The van der Waals surface area contributed by atoms with Crippen LogP contribution in [0.15, 0.2) is 195 Å². The smallest absolute Gasteiger partial charge is 0.160 e. The Morgan fingerprint density at radius 3 is 1.77 bits per heavy atom. The molecule has 0 saturated heterocycles. The molecule has 9 aromatic carbocycles. The third-order valence-corrected chi connectivity index (χ3v) is 11.3. The van der Waals surface area contributed by atoms with E-state index >= 15 is 0 Å². The molecule has 0 spiro atoms.